The van der Waals surface area contributed by atoms with Gasteiger partial charge in [0.05, 0.1) is 0 Å². The lowest BCUT2D eigenvalue weighted by atomic mass is 10.3. The fraction of sp³-hybridized carbons (Fsp3) is 0.562. The van der Waals surface area contributed by atoms with Gasteiger partial charge in [0.15, 0.2) is 0 Å². The van der Waals surface area contributed by atoms with E-state index in [4.69, 9.17) is 11.6 Å². The van der Waals surface area contributed by atoms with Crippen molar-refractivity contribution in [1.82, 2.24) is 10.2 Å². The Hall–Kier alpha value is -1.26. The molecule has 0 aliphatic heterocycles. The third kappa shape index (κ3) is 7.34. The van der Waals surface area contributed by atoms with Gasteiger partial charge >= 0.3 is 0 Å². The second kappa shape index (κ2) is 9.64. The molecule has 0 aromatic heterocycles. The average Bonchev–Trinajstić information content (AvgIpc) is 2.46. The number of amides is 1. The second-order valence-corrected chi connectivity index (χ2v) is 5.61. The maximum Gasteiger partial charge on any atom is 0.216 e. The first-order chi connectivity index (χ1) is 10.0. The first-order valence-electron chi connectivity index (χ1n) is 7.46. The maximum atomic E-state index is 10.8. The Morgan fingerprint density at radius 1 is 1.29 bits per heavy atom. The van der Waals surface area contributed by atoms with Crippen LogP contribution in [0.5, 0.6) is 0 Å². The number of benzene rings is 1. The Kier molecular flexibility index (Phi) is 8.16. The highest BCUT2D eigenvalue weighted by molar-refractivity contribution is 6.30. The van der Waals surface area contributed by atoms with Gasteiger partial charge in [-0.15, -0.1) is 0 Å². The molecule has 21 heavy (non-hydrogen) atoms. The van der Waals surface area contributed by atoms with E-state index in [9.17, 15) is 4.79 Å². The highest BCUT2D eigenvalue weighted by Gasteiger charge is 2.06. The monoisotopic (exact) mass is 311 g/mol. The van der Waals surface area contributed by atoms with Crippen LogP contribution < -0.4 is 10.2 Å². The van der Waals surface area contributed by atoms with Gasteiger partial charge in [-0.1, -0.05) is 24.6 Å². The van der Waals surface area contributed by atoms with Crippen molar-refractivity contribution < 1.29 is 4.79 Å². The van der Waals surface area contributed by atoms with Gasteiger partial charge in [-0.05, 0) is 37.7 Å². The lowest BCUT2D eigenvalue weighted by Crippen LogP contribution is -2.35. The predicted octanol–water partition coefficient (Wildman–Crippen LogP) is 2.62. The molecule has 0 fully saturated rings. The summed E-state index contributed by atoms with van der Waals surface area (Å²) in [7, 11) is 2.08. The Labute approximate surface area is 133 Å². The summed E-state index contributed by atoms with van der Waals surface area (Å²) in [6, 6.07) is 7.91. The summed E-state index contributed by atoms with van der Waals surface area (Å²) in [4.78, 5) is 15.4. The number of nitrogens with one attached hydrogen (secondary N) is 1. The summed E-state index contributed by atoms with van der Waals surface area (Å²) in [5, 5.41) is 3.60. The average molecular weight is 312 g/mol. The van der Waals surface area contributed by atoms with Gasteiger partial charge in [-0.2, -0.15) is 0 Å². The lowest BCUT2D eigenvalue weighted by Gasteiger charge is -2.25. The van der Waals surface area contributed by atoms with Crippen molar-refractivity contribution in [2.24, 2.45) is 0 Å². The van der Waals surface area contributed by atoms with Crippen molar-refractivity contribution in [1.29, 1.82) is 0 Å². The van der Waals surface area contributed by atoms with E-state index < -0.39 is 0 Å². The number of likely N-dealkylation sites (N-methyl/N-ethyl adjacent to an activating group) is 2. The van der Waals surface area contributed by atoms with Crippen LogP contribution in [0.4, 0.5) is 5.69 Å². The SMILES string of the molecule is CCN(CCCNC(C)=O)CCN(C)c1cccc(Cl)c1. The van der Waals surface area contributed by atoms with Crippen LogP contribution in [0.3, 0.4) is 0 Å². The van der Waals surface area contributed by atoms with E-state index in [1.54, 1.807) is 6.92 Å². The van der Waals surface area contributed by atoms with E-state index in [1.807, 2.05) is 18.2 Å². The molecular weight excluding hydrogens is 286 g/mol. The van der Waals surface area contributed by atoms with Crippen LogP contribution >= 0.6 is 11.6 Å². The van der Waals surface area contributed by atoms with Crippen LogP contribution in [0.25, 0.3) is 0 Å². The number of nitrogens with zero attached hydrogens (tertiary/aromatic N) is 2. The molecule has 1 rings (SSSR count). The fourth-order valence-corrected chi connectivity index (χ4v) is 2.31. The molecule has 1 aromatic carbocycles. The van der Waals surface area contributed by atoms with E-state index in [-0.39, 0.29) is 5.91 Å². The molecule has 1 amide bonds. The second-order valence-electron chi connectivity index (χ2n) is 5.17. The minimum atomic E-state index is 0.0405. The normalized spacial score (nSPS) is 10.7. The van der Waals surface area contributed by atoms with Gasteiger partial charge < -0.3 is 15.1 Å². The van der Waals surface area contributed by atoms with E-state index in [1.165, 1.54) is 0 Å². The van der Waals surface area contributed by atoms with Gasteiger partial charge in [-0.25, -0.2) is 0 Å². The largest absolute Gasteiger partial charge is 0.373 e. The zero-order valence-electron chi connectivity index (χ0n) is 13.2. The molecule has 0 aliphatic carbocycles. The van der Waals surface area contributed by atoms with Crippen molar-refractivity contribution >= 4 is 23.2 Å². The molecule has 4 nitrogen and oxygen atoms in total. The summed E-state index contributed by atoms with van der Waals surface area (Å²) in [5.74, 6) is 0.0405. The van der Waals surface area contributed by atoms with Crippen LogP contribution in [0.1, 0.15) is 20.3 Å². The topological polar surface area (TPSA) is 35.6 Å². The number of halogens is 1. The van der Waals surface area contributed by atoms with Gasteiger partial charge in [0, 0.05) is 44.3 Å². The molecule has 1 N–H and O–H groups in total. The first kappa shape index (κ1) is 17.8. The van der Waals surface area contributed by atoms with E-state index in [0.29, 0.717) is 0 Å². The smallest absolute Gasteiger partial charge is 0.216 e. The minimum absolute atomic E-state index is 0.0405. The Balaban J connectivity index is 2.32. The van der Waals surface area contributed by atoms with Crippen LogP contribution in [0.2, 0.25) is 5.02 Å². The van der Waals surface area contributed by atoms with E-state index in [2.05, 4.69) is 35.2 Å². The number of hydrogen-bond donors (Lipinski definition) is 1. The van der Waals surface area contributed by atoms with Gasteiger partial charge in [0.2, 0.25) is 5.91 Å². The molecule has 0 aliphatic rings. The van der Waals surface area contributed by atoms with Crippen molar-refractivity contribution in [2.45, 2.75) is 20.3 Å². The molecule has 0 unspecified atom stereocenters. The summed E-state index contributed by atoms with van der Waals surface area (Å²) in [5.41, 5.74) is 1.14. The number of carbonyl (C=O) groups is 1. The molecule has 118 valence electrons. The number of carbonyl (C=O) groups excluding carboxylic acids is 1. The van der Waals surface area contributed by atoms with Gasteiger partial charge in [-0.3, -0.25) is 4.79 Å². The Morgan fingerprint density at radius 2 is 2.05 bits per heavy atom. The zero-order valence-corrected chi connectivity index (χ0v) is 14.0. The predicted molar refractivity (Wildman–Crippen MR) is 90.1 cm³/mol. The quantitative estimate of drug-likeness (QED) is 0.712. The molecule has 0 atom stereocenters. The highest BCUT2D eigenvalue weighted by atomic mass is 35.5. The fourth-order valence-electron chi connectivity index (χ4n) is 2.13. The lowest BCUT2D eigenvalue weighted by molar-refractivity contribution is -0.118. The molecular formula is C16H26ClN3O. The molecule has 0 bridgehead atoms. The van der Waals surface area contributed by atoms with Crippen molar-refractivity contribution in [3.05, 3.63) is 29.3 Å². The molecule has 0 radical (unpaired) electrons. The molecule has 0 saturated carbocycles. The van der Waals surface area contributed by atoms with Gasteiger partial charge in [0.1, 0.15) is 0 Å². The van der Waals surface area contributed by atoms with Crippen LogP contribution in [-0.4, -0.2) is 50.6 Å². The van der Waals surface area contributed by atoms with Gasteiger partial charge in [0.25, 0.3) is 0 Å². The molecule has 0 spiro atoms. The third-order valence-corrected chi connectivity index (χ3v) is 3.71. The van der Waals surface area contributed by atoms with Crippen LogP contribution in [-0.2, 0) is 4.79 Å². The first-order valence-corrected chi connectivity index (χ1v) is 7.84. The zero-order chi connectivity index (χ0) is 15.7. The summed E-state index contributed by atoms with van der Waals surface area (Å²) in [6.07, 6.45) is 0.980. The standard InChI is InChI=1S/C16H26ClN3O/c1-4-20(10-6-9-18-14(2)21)12-11-19(3)16-8-5-7-15(17)13-16/h5,7-8,13H,4,6,9-12H2,1-3H3,(H,18,21). The van der Waals surface area contributed by atoms with Crippen LogP contribution in [0.15, 0.2) is 24.3 Å². The van der Waals surface area contributed by atoms with Crippen molar-refractivity contribution in [3.8, 4) is 0 Å². The summed E-state index contributed by atoms with van der Waals surface area (Å²) >= 11 is 6.02. The molecule has 5 heteroatoms. The molecule has 0 heterocycles. The van der Waals surface area contributed by atoms with Crippen molar-refractivity contribution in [3.63, 3.8) is 0 Å². The molecule has 1 aromatic rings. The van der Waals surface area contributed by atoms with E-state index in [0.717, 1.165) is 49.9 Å². The number of rotatable bonds is 9. The Bertz CT molecular complexity index is 439. The minimum Gasteiger partial charge on any atom is -0.373 e. The van der Waals surface area contributed by atoms with Crippen molar-refractivity contribution in [2.75, 3.05) is 44.7 Å². The van der Waals surface area contributed by atoms with E-state index >= 15 is 0 Å². The van der Waals surface area contributed by atoms with Crippen LogP contribution in [0, 0.1) is 0 Å². The molecule has 0 saturated heterocycles. The summed E-state index contributed by atoms with van der Waals surface area (Å²) in [6.45, 7) is 8.43. The maximum absolute atomic E-state index is 10.8. The Morgan fingerprint density at radius 3 is 2.67 bits per heavy atom. The number of anilines is 1. The third-order valence-electron chi connectivity index (χ3n) is 3.47. The highest BCUT2D eigenvalue weighted by Crippen LogP contribution is 2.17. The summed E-state index contributed by atoms with van der Waals surface area (Å²) < 4.78 is 0. The number of hydrogen-bond acceptors (Lipinski definition) is 3.